The molecule has 0 aliphatic carbocycles. The van der Waals surface area contributed by atoms with E-state index in [0.29, 0.717) is 0 Å². The Labute approximate surface area is 136 Å². The molecule has 0 aliphatic heterocycles. The lowest BCUT2D eigenvalue weighted by Gasteiger charge is -2.07. The van der Waals surface area contributed by atoms with Crippen LogP contribution in [0, 0.1) is 0 Å². The van der Waals surface area contributed by atoms with Crippen LogP contribution < -0.4 is 9.47 Å². The summed E-state index contributed by atoms with van der Waals surface area (Å²) >= 11 is 3.24. The summed E-state index contributed by atoms with van der Waals surface area (Å²) in [4.78, 5) is 8.05. The Morgan fingerprint density at radius 1 is 1.05 bits per heavy atom. The van der Waals surface area contributed by atoms with E-state index in [1.54, 1.807) is 12.1 Å². The molecule has 0 saturated heterocycles. The number of benzene rings is 1. The zero-order valence-electron chi connectivity index (χ0n) is 11.8. The summed E-state index contributed by atoms with van der Waals surface area (Å²) < 4.78 is 39.8. The van der Waals surface area contributed by atoms with Gasteiger partial charge in [-0.05, 0) is 24.3 Å². The van der Waals surface area contributed by atoms with Gasteiger partial charge in [-0.1, -0.05) is 15.9 Å². The molecule has 0 atom stereocenters. The minimum atomic E-state index is -3.90. The molecule has 0 unspecified atom stereocenters. The van der Waals surface area contributed by atoms with Crippen LogP contribution in [-0.4, -0.2) is 32.6 Å². The van der Waals surface area contributed by atoms with Crippen molar-refractivity contribution in [1.29, 1.82) is 0 Å². The van der Waals surface area contributed by atoms with Crippen LogP contribution in [0.25, 0.3) is 0 Å². The molecule has 0 aliphatic rings. The molecule has 1 heterocycles. The van der Waals surface area contributed by atoms with Crippen molar-refractivity contribution >= 4 is 26.0 Å². The predicted octanol–water partition coefficient (Wildman–Crippen LogP) is 2.16. The van der Waals surface area contributed by atoms with Crippen molar-refractivity contribution in [3.05, 3.63) is 40.6 Å². The minimum Gasteiger partial charge on any atom is -0.481 e. The third-order valence-electron chi connectivity index (χ3n) is 2.59. The average molecular weight is 389 g/mol. The third kappa shape index (κ3) is 4.15. The molecular weight excluding hydrogens is 376 g/mol. The van der Waals surface area contributed by atoms with Crippen LogP contribution in [0.2, 0.25) is 0 Å². The maximum Gasteiger partial charge on any atom is 0.297 e. The molecule has 118 valence electrons. The quantitative estimate of drug-likeness (QED) is 0.700. The molecule has 0 bridgehead atoms. The Balaban J connectivity index is 2.16. The fourth-order valence-electron chi connectivity index (χ4n) is 1.52. The van der Waals surface area contributed by atoms with Gasteiger partial charge in [0.2, 0.25) is 11.8 Å². The Bertz CT molecular complexity index is 727. The van der Waals surface area contributed by atoms with Gasteiger partial charge in [-0.25, -0.2) is 0 Å². The van der Waals surface area contributed by atoms with E-state index in [4.69, 9.17) is 13.7 Å². The average Bonchev–Trinajstić information content (AvgIpc) is 2.53. The number of ether oxygens (including phenoxy) is 2. The van der Waals surface area contributed by atoms with Crippen LogP contribution in [0.1, 0.15) is 5.82 Å². The molecule has 2 rings (SSSR count). The predicted molar refractivity (Wildman–Crippen MR) is 81.3 cm³/mol. The second kappa shape index (κ2) is 7.03. The second-order valence-electron chi connectivity index (χ2n) is 4.04. The fourth-order valence-corrected chi connectivity index (χ4v) is 2.65. The first-order valence-corrected chi connectivity index (χ1v) is 8.25. The van der Waals surface area contributed by atoms with E-state index >= 15 is 0 Å². The Kier molecular flexibility index (Phi) is 5.33. The lowest BCUT2D eigenvalue weighted by Crippen LogP contribution is -2.09. The summed E-state index contributed by atoms with van der Waals surface area (Å²) in [5, 5.41) is 0. The summed E-state index contributed by atoms with van der Waals surface area (Å²) in [5.41, 5.74) is 0. The van der Waals surface area contributed by atoms with Crippen molar-refractivity contribution in [3.8, 4) is 11.8 Å². The van der Waals surface area contributed by atoms with E-state index in [1.165, 1.54) is 32.4 Å². The highest BCUT2D eigenvalue weighted by atomic mass is 79.9. The van der Waals surface area contributed by atoms with Gasteiger partial charge in [0.15, 0.2) is 5.82 Å². The summed E-state index contributed by atoms with van der Waals surface area (Å²) in [6.45, 7) is -0.327. The molecule has 22 heavy (non-hydrogen) atoms. The highest BCUT2D eigenvalue weighted by Crippen LogP contribution is 2.19. The first-order valence-electron chi connectivity index (χ1n) is 6.05. The number of methoxy groups -OCH3 is 2. The molecule has 0 spiro atoms. The monoisotopic (exact) mass is 388 g/mol. The largest absolute Gasteiger partial charge is 0.481 e. The SMILES string of the molecule is COc1cc(OC)nc(COS(=O)(=O)c2ccc(Br)cc2)n1. The Morgan fingerprint density at radius 2 is 1.59 bits per heavy atom. The van der Waals surface area contributed by atoms with Crippen LogP contribution in [0.15, 0.2) is 39.7 Å². The van der Waals surface area contributed by atoms with E-state index in [-0.39, 0.29) is 29.1 Å². The molecule has 0 saturated carbocycles. The number of rotatable bonds is 6. The van der Waals surface area contributed by atoms with Crippen LogP contribution in [-0.2, 0) is 20.9 Å². The van der Waals surface area contributed by atoms with Gasteiger partial charge in [-0.3, -0.25) is 4.18 Å². The molecule has 1 aromatic carbocycles. The molecule has 1 aromatic heterocycles. The van der Waals surface area contributed by atoms with Crippen LogP contribution in [0.5, 0.6) is 11.8 Å². The first kappa shape index (κ1) is 16.7. The van der Waals surface area contributed by atoms with Gasteiger partial charge in [0.25, 0.3) is 10.1 Å². The van der Waals surface area contributed by atoms with Gasteiger partial charge in [0.05, 0.1) is 25.2 Å². The summed E-state index contributed by atoms with van der Waals surface area (Å²) in [6.07, 6.45) is 0. The van der Waals surface area contributed by atoms with Crippen molar-refractivity contribution < 1.29 is 22.1 Å². The number of aromatic nitrogens is 2. The van der Waals surface area contributed by atoms with E-state index in [9.17, 15) is 8.42 Å². The van der Waals surface area contributed by atoms with Crippen LogP contribution in [0.3, 0.4) is 0 Å². The van der Waals surface area contributed by atoms with E-state index < -0.39 is 10.1 Å². The molecule has 0 N–H and O–H groups in total. The van der Waals surface area contributed by atoms with E-state index in [0.717, 1.165) is 4.47 Å². The lowest BCUT2D eigenvalue weighted by molar-refractivity contribution is 0.290. The number of hydrogen-bond acceptors (Lipinski definition) is 7. The first-order chi connectivity index (χ1) is 10.4. The number of nitrogens with zero attached hydrogens (tertiary/aromatic N) is 2. The minimum absolute atomic E-state index is 0.0468. The molecule has 7 nitrogen and oxygen atoms in total. The molecular formula is C13H13BrN2O5S. The van der Waals surface area contributed by atoms with Crippen molar-refractivity contribution in [2.24, 2.45) is 0 Å². The lowest BCUT2D eigenvalue weighted by atomic mass is 10.4. The molecule has 0 fully saturated rings. The molecule has 9 heteroatoms. The standard InChI is InChI=1S/C13H13BrN2O5S/c1-19-12-7-13(20-2)16-11(15-12)8-21-22(17,18)10-5-3-9(14)4-6-10/h3-7H,8H2,1-2H3. The smallest absolute Gasteiger partial charge is 0.297 e. The summed E-state index contributed by atoms with van der Waals surface area (Å²) in [5.74, 6) is 0.648. The van der Waals surface area contributed by atoms with Gasteiger partial charge >= 0.3 is 0 Å². The van der Waals surface area contributed by atoms with Gasteiger partial charge in [0, 0.05) is 4.47 Å². The van der Waals surface area contributed by atoms with E-state index in [2.05, 4.69) is 25.9 Å². The fraction of sp³-hybridized carbons (Fsp3) is 0.231. The van der Waals surface area contributed by atoms with Gasteiger partial charge in [0.1, 0.15) is 6.61 Å². The Morgan fingerprint density at radius 3 is 2.09 bits per heavy atom. The van der Waals surface area contributed by atoms with Crippen molar-refractivity contribution in [1.82, 2.24) is 9.97 Å². The second-order valence-corrected chi connectivity index (χ2v) is 6.57. The van der Waals surface area contributed by atoms with Crippen molar-refractivity contribution in [3.63, 3.8) is 0 Å². The summed E-state index contributed by atoms with van der Waals surface area (Å²) in [6, 6.07) is 7.58. The highest BCUT2D eigenvalue weighted by molar-refractivity contribution is 9.10. The van der Waals surface area contributed by atoms with Gasteiger partial charge in [-0.2, -0.15) is 18.4 Å². The molecule has 0 radical (unpaired) electrons. The maximum absolute atomic E-state index is 12.1. The number of hydrogen-bond donors (Lipinski definition) is 0. The van der Waals surface area contributed by atoms with Gasteiger partial charge < -0.3 is 9.47 Å². The maximum atomic E-state index is 12.1. The van der Waals surface area contributed by atoms with Gasteiger partial charge in [-0.15, -0.1) is 0 Å². The normalized spacial score (nSPS) is 11.2. The molecule has 0 amide bonds. The summed E-state index contributed by atoms with van der Waals surface area (Å²) in [7, 11) is -1.03. The topological polar surface area (TPSA) is 87.6 Å². The zero-order chi connectivity index (χ0) is 16.2. The number of halogens is 1. The van der Waals surface area contributed by atoms with Crippen molar-refractivity contribution in [2.45, 2.75) is 11.5 Å². The van der Waals surface area contributed by atoms with Crippen LogP contribution in [0.4, 0.5) is 0 Å². The molecule has 2 aromatic rings. The van der Waals surface area contributed by atoms with E-state index in [1.807, 2.05) is 0 Å². The van der Waals surface area contributed by atoms with Crippen molar-refractivity contribution in [2.75, 3.05) is 14.2 Å². The van der Waals surface area contributed by atoms with Crippen LogP contribution >= 0.6 is 15.9 Å². The highest BCUT2D eigenvalue weighted by Gasteiger charge is 2.16. The zero-order valence-corrected chi connectivity index (χ0v) is 14.2. The third-order valence-corrected chi connectivity index (χ3v) is 4.40. The Hall–Kier alpha value is -1.71.